The van der Waals surface area contributed by atoms with Crippen molar-refractivity contribution < 1.29 is 22.7 Å². The van der Waals surface area contributed by atoms with Crippen LogP contribution >= 0.6 is 0 Å². The van der Waals surface area contributed by atoms with E-state index in [-0.39, 0.29) is 28.9 Å². The number of ether oxygens (including phenoxy) is 1. The fourth-order valence-corrected chi connectivity index (χ4v) is 4.62. The number of nitriles is 1. The largest absolute Gasteiger partial charge is 0.383 e. The molecule has 1 saturated heterocycles. The van der Waals surface area contributed by atoms with E-state index in [9.17, 15) is 23.3 Å². The van der Waals surface area contributed by atoms with Crippen molar-refractivity contribution in [3.05, 3.63) is 41.6 Å². The molecular weight excluding hydrogens is 382 g/mol. The molecule has 1 aliphatic rings. The smallest absolute Gasteiger partial charge is 0.267 e. The summed E-state index contributed by atoms with van der Waals surface area (Å²) in [6.07, 6.45) is 1.83. The molecule has 0 aliphatic carbocycles. The lowest BCUT2D eigenvalue weighted by atomic mass is 10.1. The molecule has 0 spiro atoms. The highest BCUT2D eigenvalue weighted by Crippen LogP contribution is 2.19. The van der Waals surface area contributed by atoms with Crippen LogP contribution in [0.5, 0.6) is 0 Å². The van der Waals surface area contributed by atoms with Crippen molar-refractivity contribution in [2.45, 2.75) is 19.4 Å². The van der Waals surface area contributed by atoms with E-state index in [4.69, 9.17) is 4.74 Å². The van der Waals surface area contributed by atoms with Gasteiger partial charge in [0.25, 0.3) is 5.91 Å². The molecule has 28 heavy (non-hydrogen) atoms. The summed E-state index contributed by atoms with van der Waals surface area (Å²) in [7, 11) is -1.59. The highest BCUT2D eigenvalue weighted by molar-refractivity contribution is 7.91. The van der Waals surface area contributed by atoms with Gasteiger partial charge in [-0.05, 0) is 37.6 Å². The van der Waals surface area contributed by atoms with E-state index in [1.54, 1.807) is 29.2 Å². The Hall–Kier alpha value is -2.70. The number of amides is 1. The van der Waals surface area contributed by atoms with Crippen molar-refractivity contribution >= 4 is 27.2 Å². The van der Waals surface area contributed by atoms with E-state index in [0.717, 1.165) is 0 Å². The monoisotopic (exact) mass is 405 g/mol. The van der Waals surface area contributed by atoms with Gasteiger partial charge in [0.15, 0.2) is 15.6 Å². The predicted molar refractivity (Wildman–Crippen MR) is 104 cm³/mol. The number of carbonyl (C=O) groups excluding carboxylic acids is 2. The number of nitrogens with zero attached hydrogens (tertiary/aromatic N) is 2. The first-order chi connectivity index (χ1) is 13.3. The van der Waals surface area contributed by atoms with Crippen LogP contribution in [0.1, 0.15) is 23.7 Å². The standard InChI is InChI=1S/C19H23N3O5S/c1-14(23)15-3-5-17(6-4-15)21-19(24)16(11-20)12-22(8-9-27-2)18-7-10-28(25,26)13-18/h3-6,12,18H,7-10,13H2,1-2H3,(H,21,24)/b16-12-. The molecule has 1 fully saturated rings. The van der Waals surface area contributed by atoms with Gasteiger partial charge < -0.3 is 15.0 Å². The Labute approximate surface area is 164 Å². The number of hydrogen-bond donors (Lipinski definition) is 1. The van der Waals surface area contributed by atoms with Crippen LogP contribution in [0.25, 0.3) is 0 Å². The highest BCUT2D eigenvalue weighted by atomic mass is 32.2. The molecule has 1 amide bonds. The van der Waals surface area contributed by atoms with Gasteiger partial charge in [0, 0.05) is 37.1 Å². The van der Waals surface area contributed by atoms with Crippen molar-refractivity contribution in [3.8, 4) is 6.07 Å². The lowest BCUT2D eigenvalue weighted by molar-refractivity contribution is -0.112. The molecule has 1 aromatic carbocycles. The minimum Gasteiger partial charge on any atom is -0.383 e. The molecule has 1 atom stereocenters. The van der Waals surface area contributed by atoms with Gasteiger partial charge in [-0.1, -0.05) is 0 Å². The zero-order valence-corrected chi connectivity index (χ0v) is 16.7. The molecule has 1 aromatic rings. The molecule has 150 valence electrons. The number of Topliss-reactive ketones (excluding diaryl/α,β-unsaturated/α-hetero) is 1. The summed E-state index contributed by atoms with van der Waals surface area (Å²) in [5, 5.41) is 12.0. The van der Waals surface area contributed by atoms with Crippen LogP contribution in [0.2, 0.25) is 0 Å². The molecule has 1 aliphatic heterocycles. The zero-order chi connectivity index (χ0) is 20.7. The first-order valence-corrected chi connectivity index (χ1v) is 10.6. The molecule has 2 rings (SSSR count). The van der Waals surface area contributed by atoms with Crippen LogP contribution in [-0.4, -0.2) is 62.8 Å². The Morgan fingerprint density at radius 2 is 2.04 bits per heavy atom. The van der Waals surface area contributed by atoms with Crippen molar-refractivity contribution in [3.63, 3.8) is 0 Å². The molecule has 1 heterocycles. The van der Waals surface area contributed by atoms with Gasteiger partial charge in [-0.2, -0.15) is 5.26 Å². The van der Waals surface area contributed by atoms with Crippen LogP contribution < -0.4 is 5.32 Å². The lowest BCUT2D eigenvalue weighted by Crippen LogP contribution is -2.35. The van der Waals surface area contributed by atoms with Gasteiger partial charge in [0.1, 0.15) is 11.6 Å². The fourth-order valence-electron chi connectivity index (χ4n) is 2.88. The molecule has 8 nitrogen and oxygen atoms in total. The number of carbonyl (C=O) groups is 2. The second-order valence-corrected chi connectivity index (χ2v) is 8.76. The Morgan fingerprint density at radius 3 is 2.54 bits per heavy atom. The van der Waals surface area contributed by atoms with E-state index in [0.29, 0.717) is 30.8 Å². The van der Waals surface area contributed by atoms with Crippen LogP contribution in [0.15, 0.2) is 36.0 Å². The minimum atomic E-state index is -3.11. The van der Waals surface area contributed by atoms with Crippen LogP contribution in [0.4, 0.5) is 5.69 Å². The Kier molecular flexibility index (Phi) is 7.31. The highest BCUT2D eigenvalue weighted by Gasteiger charge is 2.31. The maximum atomic E-state index is 12.5. The van der Waals surface area contributed by atoms with E-state index in [1.807, 2.05) is 6.07 Å². The van der Waals surface area contributed by atoms with Crippen molar-refractivity contribution in [2.75, 3.05) is 37.1 Å². The normalized spacial score (nSPS) is 18.3. The molecule has 1 N–H and O–H groups in total. The van der Waals surface area contributed by atoms with Crippen LogP contribution in [-0.2, 0) is 19.4 Å². The lowest BCUT2D eigenvalue weighted by Gasteiger charge is -2.26. The quantitative estimate of drug-likeness (QED) is 0.394. The zero-order valence-electron chi connectivity index (χ0n) is 15.8. The second-order valence-electron chi connectivity index (χ2n) is 6.53. The molecule has 0 bridgehead atoms. The number of methoxy groups -OCH3 is 1. The topological polar surface area (TPSA) is 117 Å². The number of rotatable bonds is 8. The molecule has 0 saturated carbocycles. The second kappa shape index (κ2) is 9.48. The van der Waals surface area contributed by atoms with Gasteiger partial charge in [0.2, 0.25) is 0 Å². The Morgan fingerprint density at radius 1 is 1.36 bits per heavy atom. The maximum absolute atomic E-state index is 12.5. The van der Waals surface area contributed by atoms with Gasteiger partial charge >= 0.3 is 0 Å². The third-order valence-electron chi connectivity index (χ3n) is 4.44. The van der Waals surface area contributed by atoms with Gasteiger partial charge in [-0.15, -0.1) is 0 Å². The summed E-state index contributed by atoms with van der Waals surface area (Å²) < 4.78 is 28.6. The Balaban J connectivity index is 2.16. The number of anilines is 1. The van der Waals surface area contributed by atoms with Gasteiger partial charge in [-0.25, -0.2) is 8.42 Å². The number of benzene rings is 1. The predicted octanol–water partition coefficient (Wildman–Crippen LogP) is 1.37. The molecule has 9 heteroatoms. The Bertz CT molecular complexity index is 900. The van der Waals surface area contributed by atoms with E-state index in [1.165, 1.54) is 20.2 Å². The number of sulfone groups is 1. The summed E-state index contributed by atoms with van der Waals surface area (Å²) in [6.45, 7) is 2.14. The molecule has 0 radical (unpaired) electrons. The molecular formula is C19H23N3O5S. The minimum absolute atomic E-state index is 0.0138. The van der Waals surface area contributed by atoms with E-state index < -0.39 is 15.7 Å². The summed E-state index contributed by atoms with van der Waals surface area (Å²) in [4.78, 5) is 25.5. The number of ketones is 1. The summed E-state index contributed by atoms with van der Waals surface area (Å²) in [5.74, 6) is -0.622. The van der Waals surface area contributed by atoms with E-state index >= 15 is 0 Å². The van der Waals surface area contributed by atoms with Crippen LogP contribution in [0.3, 0.4) is 0 Å². The summed E-state index contributed by atoms with van der Waals surface area (Å²) in [5.41, 5.74) is 0.821. The van der Waals surface area contributed by atoms with E-state index in [2.05, 4.69) is 5.32 Å². The number of nitrogens with one attached hydrogen (secondary N) is 1. The van der Waals surface area contributed by atoms with Crippen molar-refractivity contribution in [2.24, 2.45) is 0 Å². The third kappa shape index (κ3) is 5.90. The summed E-state index contributed by atoms with van der Waals surface area (Å²) >= 11 is 0. The summed E-state index contributed by atoms with van der Waals surface area (Å²) in [6, 6.07) is 7.90. The average Bonchev–Trinajstić information content (AvgIpc) is 3.02. The average molecular weight is 405 g/mol. The SMILES string of the molecule is COCCN(/C=C(/C#N)C(=O)Nc1ccc(C(C)=O)cc1)C1CCS(=O)(=O)C1. The maximum Gasteiger partial charge on any atom is 0.267 e. The fraction of sp³-hybridized carbons (Fsp3) is 0.421. The first kappa shape index (κ1) is 21.6. The van der Waals surface area contributed by atoms with Gasteiger partial charge in [0.05, 0.1) is 18.1 Å². The van der Waals surface area contributed by atoms with Crippen molar-refractivity contribution in [1.82, 2.24) is 4.90 Å². The molecule has 0 aromatic heterocycles. The molecule has 1 unspecified atom stereocenters. The van der Waals surface area contributed by atoms with Crippen LogP contribution in [0, 0.1) is 11.3 Å². The first-order valence-electron chi connectivity index (χ1n) is 8.75. The number of hydrogen-bond acceptors (Lipinski definition) is 7. The van der Waals surface area contributed by atoms with Gasteiger partial charge in [-0.3, -0.25) is 9.59 Å². The third-order valence-corrected chi connectivity index (χ3v) is 6.19. The van der Waals surface area contributed by atoms with Crippen molar-refractivity contribution in [1.29, 1.82) is 5.26 Å².